The first kappa shape index (κ1) is 35.0. The normalized spacial score (nSPS) is 14.2. The molecule has 0 saturated heterocycles. The molecule has 2 aromatic heterocycles. The van der Waals surface area contributed by atoms with Crippen LogP contribution in [0.2, 0.25) is 5.02 Å². The predicted octanol–water partition coefficient (Wildman–Crippen LogP) is 8.67. The molecule has 0 fully saturated rings. The van der Waals surface area contributed by atoms with Gasteiger partial charge in [-0.25, -0.2) is 9.79 Å². The van der Waals surface area contributed by atoms with Gasteiger partial charge in [-0.1, -0.05) is 115 Å². The lowest BCUT2D eigenvalue weighted by Gasteiger charge is -2.27. The van der Waals surface area contributed by atoms with Gasteiger partial charge in [0.1, 0.15) is 11.8 Å². The lowest BCUT2D eigenvalue weighted by atomic mass is 9.93. The molecule has 1 atom stereocenters. The topological polar surface area (TPSA) is 74.8 Å². The average molecular weight is 728 g/mol. The minimum Gasteiger partial charge on any atom is -0.496 e. The summed E-state index contributed by atoms with van der Waals surface area (Å²) in [6.45, 7) is 6.05. The molecular weight excluding hydrogens is 690 g/mol. The Hall–Kier alpha value is -5.44. The van der Waals surface area contributed by atoms with Gasteiger partial charge in [0.25, 0.3) is 5.56 Å². The Morgan fingerprint density at radius 1 is 0.923 bits per heavy atom. The second-order valence-electron chi connectivity index (χ2n) is 12.5. The van der Waals surface area contributed by atoms with Crippen molar-refractivity contribution in [2.45, 2.75) is 39.7 Å². The summed E-state index contributed by atoms with van der Waals surface area (Å²) in [7, 11) is 1.56. The quantitative estimate of drug-likeness (QED) is 0.132. The smallest absolute Gasteiger partial charge is 0.338 e. The molecule has 0 radical (unpaired) electrons. The third-order valence-corrected chi connectivity index (χ3v) is 10.3. The number of hydrogen-bond donors (Lipinski definition) is 0. The summed E-state index contributed by atoms with van der Waals surface area (Å²) in [4.78, 5) is 34.0. The van der Waals surface area contributed by atoms with E-state index in [0.29, 0.717) is 43.4 Å². The Bertz CT molecular complexity index is 2480. The van der Waals surface area contributed by atoms with Crippen LogP contribution in [0.1, 0.15) is 49.4 Å². The first-order chi connectivity index (χ1) is 25.3. The molecular formula is C43H38ClN3O4S. The largest absolute Gasteiger partial charge is 0.496 e. The lowest BCUT2D eigenvalue weighted by molar-refractivity contribution is -0.139. The number of nitrogens with zero attached hydrogens (tertiary/aromatic N) is 3. The van der Waals surface area contributed by atoms with Gasteiger partial charge in [-0.15, -0.1) is 0 Å². The Balaban J connectivity index is 1.54. The molecule has 52 heavy (non-hydrogen) atoms. The standard InChI is InChI=1S/C43H38ClN3O4S/c1-5-13-34-38(42(49)51-6-2)40(33-26-31(44)20-23-36(33)50-4)47-41(48)37(52-43(47)45-34)25-30-24-35(28-14-9-7-10-15-28)46(32-21-18-27(3)19-22-32)39(30)29-16-11-8-12-17-29/h7-12,14-26,40H,5-6,13H2,1-4H3/b37-25+/t40-/m1/s1. The van der Waals surface area contributed by atoms with Crippen molar-refractivity contribution in [3.8, 4) is 34.0 Å². The molecule has 0 saturated carbocycles. The Morgan fingerprint density at radius 2 is 1.62 bits per heavy atom. The minimum absolute atomic E-state index is 0.176. The molecule has 0 amide bonds. The number of carbonyl (C=O) groups is 1. The molecule has 0 aliphatic carbocycles. The summed E-state index contributed by atoms with van der Waals surface area (Å²) in [6.07, 6.45) is 3.21. The van der Waals surface area contributed by atoms with E-state index in [4.69, 9.17) is 26.1 Å². The summed E-state index contributed by atoms with van der Waals surface area (Å²) in [5.74, 6) is -0.0254. The van der Waals surface area contributed by atoms with Gasteiger partial charge in [0, 0.05) is 21.8 Å². The number of ether oxygens (including phenoxy) is 2. The number of carbonyl (C=O) groups excluding carboxylic acids is 1. The van der Waals surface area contributed by atoms with E-state index in [0.717, 1.165) is 45.7 Å². The van der Waals surface area contributed by atoms with E-state index in [-0.39, 0.29) is 12.2 Å². The highest BCUT2D eigenvalue weighted by Crippen LogP contribution is 2.39. The number of methoxy groups -OCH3 is 1. The first-order valence-corrected chi connectivity index (χ1v) is 18.5. The molecule has 0 bridgehead atoms. The number of rotatable bonds is 10. The Morgan fingerprint density at radius 3 is 2.27 bits per heavy atom. The van der Waals surface area contributed by atoms with Crippen LogP contribution in [0.3, 0.4) is 0 Å². The number of fused-ring (bicyclic) bond motifs is 1. The number of esters is 1. The Kier molecular flexibility index (Phi) is 10.1. The molecule has 9 heteroatoms. The van der Waals surface area contributed by atoms with Gasteiger partial charge in [0.05, 0.1) is 40.9 Å². The fourth-order valence-electron chi connectivity index (χ4n) is 6.79. The zero-order valence-corrected chi connectivity index (χ0v) is 31.0. The van der Waals surface area contributed by atoms with Crippen molar-refractivity contribution in [3.05, 3.63) is 162 Å². The van der Waals surface area contributed by atoms with Gasteiger partial charge >= 0.3 is 5.97 Å². The highest BCUT2D eigenvalue weighted by Gasteiger charge is 2.36. The maximum Gasteiger partial charge on any atom is 0.338 e. The molecule has 6 aromatic rings. The van der Waals surface area contributed by atoms with Gasteiger partial charge in [0.15, 0.2) is 4.80 Å². The van der Waals surface area contributed by atoms with Crippen LogP contribution in [0.15, 0.2) is 130 Å². The zero-order valence-electron chi connectivity index (χ0n) is 29.4. The van der Waals surface area contributed by atoms with Crippen molar-refractivity contribution in [1.29, 1.82) is 0 Å². The van der Waals surface area contributed by atoms with Crippen molar-refractivity contribution < 1.29 is 14.3 Å². The van der Waals surface area contributed by atoms with Gasteiger partial charge in [-0.05, 0) is 73.9 Å². The summed E-state index contributed by atoms with van der Waals surface area (Å²) < 4.78 is 15.7. The maximum absolute atomic E-state index is 14.8. The molecule has 1 aliphatic heterocycles. The van der Waals surface area contributed by atoms with Crippen molar-refractivity contribution in [2.75, 3.05) is 13.7 Å². The lowest BCUT2D eigenvalue weighted by Crippen LogP contribution is -2.40. The van der Waals surface area contributed by atoms with Crippen LogP contribution in [-0.2, 0) is 9.53 Å². The van der Waals surface area contributed by atoms with E-state index in [1.165, 1.54) is 11.3 Å². The van der Waals surface area contributed by atoms with Crippen molar-refractivity contribution in [2.24, 2.45) is 4.99 Å². The van der Waals surface area contributed by atoms with E-state index in [1.807, 2.05) is 49.4 Å². The Labute approximate surface area is 311 Å². The molecule has 4 aromatic carbocycles. The van der Waals surface area contributed by atoms with Crippen LogP contribution in [0, 0.1) is 6.92 Å². The third-order valence-electron chi connectivity index (χ3n) is 9.10. The van der Waals surface area contributed by atoms with Crippen LogP contribution in [0.25, 0.3) is 34.3 Å². The number of aryl methyl sites for hydroxylation is 1. The van der Waals surface area contributed by atoms with Crippen LogP contribution in [-0.4, -0.2) is 28.8 Å². The van der Waals surface area contributed by atoms with E-state index in [2.05, 4.69) is 66.1 Å². The van der Waals surface area contributed by atoms with Crippen molar-refractivity contribution >= 4 is 35.0 Å². The monoisotopic (exact) mass is 727 g/mol. The number of halogens is 1. The molecule has 0 spiro atoms. The third kappa shape index (κ3) is 6.56. The second-order valence-corrected chi connectivity index (χ2v) is 14.0. The average Bonchev–Trinajstić information content (AvgIpc) is 3.69. The van der Waals surface area contributed by atoms with Gasteiger partial charge in [-0.2, -0.15) is 0 Å². The molecule has 3 heterocycles. The second kappa shape index (κ2) is 15.0. The van der Waals surface area contributed by atoms with E-state index in [9.17, 15) is 9.59 Å². The fourth-order valence-corrected chi connectivity index (χ4v) is 7.98. The van der Waals surface area contributed by atoms with Crippen LogP contribution in [0.5, 0.6) is 5.75 Å². The summed E-state index contributed by atoms with van der Waals surface area (Å²) in [5, 5.41) is 0.452. The number of thiazole rings is 1. The highest BCUT2D eigenvalue weighted by molar-refractivity contribution is 7.07. The number of hydrogen-bond acceptors (Lipinski definition) is 6. The summed E-state index contributed by atoms with van der Waals surface area (Å²) in [5.41, 5.74) is 8.20. The molecule has 1 aliphatic rings. The van der Waals surface area contributed by atoms with Crippen LogP contribution >= 0.6 is 22.9 Å². The van der Waals surface area contributed by atoms with E-state index >= 15 is 0 Å². The van der Waals surface area contributed by atoms with Crippen LogP contribution in [0.4, 0.5) is 0 Å². The minimum atomic E-state index is -0.863. The summed E-state index contributed by atoms with van der Waals surface area (Å²) in [6, 6.07) is 35.4. The van der Waals surface area contributed by atoms with Crippen molar-refractivity contribution in [1.82, 2.24) is 9.13 Å². The SMILES string of the molecule is CCCC1=C(C(=O)OCC)[C@@H](c2cc(Cl)ccc2OC)n2c(s/c(=C/c3cc(-c4ccccc4)n(-c4ccc(C)cc4)c3-c3ccccc3)c2=O)=N1. The summed E-state index contributed by atoms with van der Waals surface area (Å²) >= 11 is 7.86. The van der Waals surface area contributed by atoms with Crippen LogP contribution < -0.4 is 19.6 Å². The first-order valence-electron chi connectivity index (χ1n) is 17.3. The number of allylic oxidation sites excluding steroid dienone is 1. The molecule has 7 nitrogen and oxygen atoms in total. The molecule has 0 N–H and O–H groups in total. The number of benzene rings is 4. The molecule has 7 rings (SSSR count). The highest BCUT2D eigenvalue weighted by atomic mass is 35.5. The van der Waals surface area contributed by atoms with E-state index in [1.54, 1.807) is 36.8 Å². The van der Waals surface area contributed by atoms with E-state index < -0.39 is 12.0 Å². The molecule has 0 unspecified atom stereocenters. The zero-order chi connectivity index (χ0) is 36.4. The fraction of sp³-hybridized carbons (Fsp3) is 0.186. The van der Waals surface area contributed by atoms with Gasteiger partial charge < -0.3 is 14.0 Å². The van der Waals surface area contributed by atoms with Gasteiger partial charge in [0.2, 0.25) is 0 Å². The maximum atomic E-state index is 14.8. The molecule has 262 valence electrons. The number of aromatic nitrogens is 2. The predicted molar refractivity (Wildman–Crippen MR) is 209 cm³/mol. The van der Waals surface area contributed by atoms with Gasteiger partial charge in [-0.3, -0.25) is 9.36 Å². The van der Waals surface area contributed by atoms with Crippen molar-refractivity contribution in [3.63, 3.8) is 0 Å².